The number of nitrogens with zero attached hydrogens (tertiary/aromatic N) is 4. The molecular weight excluding hydrogens is 310 g/mol. The van der Waals surface area contributed by atoms with E-state index in [0.29, 0.717) is 30.3 Å². The van der Waals surface area contributed by atoms with Crippen molar-refractivity contribution >= 4 is 11.8 Å². The number of hydrogen-bond acceptors (Lipinski definition) is 6. The van der Waals surface area contributed by atoms with E-state index in [1.54, 1.807) is 6.92 Å². The van der Waals surface area contributed by atoms with E-state index in [9.17, 15) is 9.59 Å². The molecule has 3 heterocycles. The van der Waals surface area contributed by atoms with Crippen LogP contribution in [0.4, 0.5) is 0 Å². The molecule has 2 aliphatic rings. The number of nitrogens with one attached hydrogen (secondary N) is 1. The largest absolute Gasteiger partial charge is 0.342 e. The van der Waals surface area contributed by atoms with Gasteiger partial charge in [-0.3, -0.25) is 9.59 Å². The lowest BCUT2D eigenvalue weighted by Gasteiger charge is -2.47. The minimum absolute atomic E-state index is 0.0610. The van der Waals surface area contributed by atoms with Crippen molar-refractivity contribution in [3.63, 3.8) is 0 Å². The Bertz CT molecular complexity index is 602. The molecule has 1 aromatic heterocycles. The average Bonchev–Trinajstić information content (AvgIpc) is 2.98. The fourth-order valence-corrected chi connectivity index (χ4v) is 3.77. The van der Waals surface area contributed by atoms with Gasteiger partial charge in [0, 0.05) is 38.6 Å². The number of hydrogen-bond donors (Lipinski definition) is 1. The van der Waals surface area contributed by atoms with E-state index in [0.717, 1.165) is 32.5 Å². The Morgan fingerprint density at radius 1 is 1.38 bits per heavy atom. The highest BCUT2D eigenvalue weighted by Gasteiger charge is 2.40. The van der Waals surface area contributed by atoms with Gasteiger partial charge in [0.15, 0.2) is 0 Å². The molecule has 8 nitrogen and oxygen atoms in total. The topological polar surface area (TPSA) is 91.6 Å². The molecule has 8 heteroatoms. The number of likely N-dealkylation sites (N-methyl/N-ethyl adjacent to an activating group) is 1. The molecule has 0 spiro atoms. The molecule has 2 atom stereocenters. The molecule has 2 aliphatic heterocycles. The molecule has 0 radical (unpaired) electrons. The molecule has 0 aliphatic carbocycles. The van der Waals surface area contributed by atoms with Gasteiger partial charge in [-0.05, 0) is 32.7 Å². The maximum absolute atomic E-state index is 12.5. The van der Waals surface area contributed by atoms with Crippen LogP contribution in [-0.4, -0.2) is 71.2 Å². The molecule has 0 bridgehead atoms. The first-order valence-electron chi connectivity index (χ1n) is 8.60. The predicted molar refractivity (Wildman–Crippen MR) is 86.1 cm³/mol. The van der Waals surface area contributed by atoms with Gasteiger partial charge < -0.3 is 15.1 Å². The number of amides is 2. The van der Waals surface area contributed by atoms with Crippen molar-refractivity contribution in [1.29, 1.82) is 0 Å². The zero-order chi connectivity index (χ0) is 17.1. The summed E-state index contributed by atoms with van der Waals surface area (Å²) < 4.78 is 4.66. The first kappa shape index (κ1) is 16.9. The minimum atomic E-state index is 0.0610. The van der Waals surface area contributed by atoms with Crippen LogP contribution in [0.15, 0.2) is 4.63 Å². The number of rotatable bonds is 5. The monoisotopic (exact) mass is 335 g/mol. The molecule has 132 valence electrons. The van der Waals surface area contributed by atoms with Gasteiger partial charge in [0.2, 0.25) is 11.8 Å². The summed E-state index contributed by atoms with van der Waals surface area (Å²) in [6.07, 6.45) is 2.53. The van der Waals surface area contributed by atoms with Crippen LogP contribution in [0, 0.1) is 12.8 Å². The Balaban J connectivity index is 1.61. The lowest BCUT2D eigenvalue weighted by Crippen LogP contribution is -2.58. The lowest BCUT2D eigenvalue weighted by molar-refractivity contribution is -0.143. The Kier molecular flexibility index (Phi) is 5.13. The van der Waals surface area contributed by atoms with Crippen LogP contribution in [-0.2, 0) is 16.0 Å². The van der Waals surface area contributed by atoms with E-state index in [1.165, 1.54) is 0 Å². The van der Waals surface area contributed by atoms with Crippen molar-refractivity contribution in [3.8, 4) is 0 Å². The molecule has 0 unspecified atom stereocenters. The normalized spacial score (nSPS) is 24.2. The quantitative estimate of drug-likeness (QED) is 0.813. The van der Waals surface area contributed by atoms with Crippen molar-refractivity contribution < 1.29 is 14.2 Å². The highest BCUT2D eigenvalue weighted by atomic mass is 16.6. The van der Waals surface area contributed by atoms with Crippen LogP contribution >= 0.6 is 0 Å². The SMILES string of the molecule is CNCCN1C(=O)CC[C@H]2CN(C(=O)Cc3nonc3C)CC[C@H]21. The van der Waals surface area contributed by atoms with Gasteiger partial charge in [-0.15, -0.1) is 0 Å². The molecule has 0 saturated carbocycles. The van der Waals surface area contributed by atoms with Crippen molar-refractivity contribution in [3.05, 3.63) is 11.4 Å². The van der Waals surface area contributed by atoms with Crippen molar-refractivity contribution in [2.24, 2.45) is 5.92 Å². The van der Waals surface area contributed by atoms with Crippen molar-refractivity contribution in [2.75, 3.05) is 33.2 Å². The number of likely N-dealkylation sites (tertiary alicyclic amines) is 2. The Hall–Kier alpha value is -1.96. The summed E-state index contributed by atoms with van der Waals surface area (Å²) in [6, 6.07) is 0.263. The number of fused-ring (bicyclic) bond motifs is 1. The zero-order valence-corrected chi connectivity index (χ0v) is 14.3. The molecular formula is C16H25N5O3. The Labute approximate surface area is 141 Å². The van der Waals surface area contributed by atoms with Crippen LogP contribution in [0.2, 0.25) is 0 Å². The summed E-state index contributed by atoms with van der Waals surface area (Å²) >= 11 is 0. The zero-order valence-electron chi connectivity index (χ0n) is 14.3. The van der Waals surface area contributed by atoms with Crippen LogP contribution < -0.4 is 5.32 Å². The van der Waals surface area contributed by atoms with Crippen LogP contribution in [0.1, 0.15) is 30.7 Å². The molecule has 2 fully saturated rings. The third kappa shape index (κ3) is 3.43. The average molecular weight is 335 g/mol. The summed E-state index contributed by atoms with van der Waals surface area (Å²) in [4.78, 5) is 28.7. The highest BCUT2D eigenvalue weighted by molar-refractivity contribution is 5.79. The highest BCUT2D eigenvalue weighted by Crippen LogP contribution is 2.31. The third-order valence-electron chi connectivity index (χ3n) is 5.16. The third-order valence-corrected chi connectivity index (χ3v) is 5.16. The first-order chi connectivity index (χ1) is 11.6. The molecule has 1 aromatic rings. The van der Waals surface area contributed by atoms with E-state index >= 15 is 0 Å². The second-order valence-corrected chi connectivity index (χ2v) is 6.66. The van der Waals surface area contributed by atoms with Crippen LogP contribution in [0.3, 0.4) is 0 Å². The van der Waals surface area contributed by atoms with E-state index in [-0.39, 0.29) is 24.3 Å². The van der Waals surface area contributed by atoms with E-state index in [1.807, 2.05) is 16.8 Å². The fraction of sp³-hybridized carbons (Fsp3) is 0.750. The second-order valence-electron chi connectivity index (χ2n) is 6.66. The van der Waals surface area contributed by atoms with Crippen LogP contribution in [0.25, 0.3) is 0 Å². The van der Waals surface area contributed by atoms with E-state index in [2.05, 4.69) is 20.3 Å². The maximum Gasteiger partial charge on any atom is 0.228 e. The van der Waals surface area contributed by atoms with Gasteiger partial charge in [0.05, 0.1) is 6.42 Å². The van der Waals surface area contributed by atoms with Gasteiger partial charge in [-0.2, -0.15) is 0 Å². The lowest BCUT2D eigenvalue weighted by atomic mass is 9.83. The molecule has 2 amide bonds. The molecule has 24 heavy (non-hydrogen) atoms. The first-order valence-corrected chi connectivity index (χ1v) is 8.60. The molecule has 0 aromatic carbocycles. The smallest absolute Gasteiger partial charge is 0.228 e. The van der Waals surface area contributed by atoms with Crippen molar-refractivity contribution in [1.82, 2.24) is 25.4 Å². The number of carbonyl (C=O) groups excluding carboxylic acids is 2. The minimum Gasteiger partial charge on any atom is -0.342 e. The van der Waals surface area contributed by atoms with Gasteiger partial charge in [-0.1, -0.05) is 10.3 Å². The van der Waals surface area contributed by atoms with Gasteiger partial charge >= 0.3 is 0 Å². The number of aromatic nitrogens is 2. The van der Waals surface area contributed by atoms with E-state index < -0.39 is 0 Å². The number of carbonyl (C=O) groups is 2. The Morgan fingerprint density at radius 3 is 2.92 bits per heavy atom. The summed E-state index contributed by atoms with van der Waals surface area (Å²) in [5.74, 6) is 0.676. The summed E-state index contributed by atoms with van der Waals surface area (Å²) in [5.41, 5.74) is 1.27. The van der Waals surface area contributed by atoms with Gasteiger partial charge in [0.25, 0.3) is 0 Å². The summed E-state index contributed by atoms with van der Waals surface area (Å²) in [7, 11) is 1.90. The molecule has 3 rings (SSSR count). The van der Waals surface area contributed by atoms with Gasteiger partial charge in [-0.25, -0.2) is 4.63 Å². The second kappa shape index (κ2) is 7.29. The van der Waals surface area contributed by atoms with Gasteiger partial charge in [0.1, 0.15) is 11.4 Å². The van der Waals surface area contributed by atoms with Crippen LogP contribution in [0.5, 0.6) is 0 Å². The molecule has 2 saturated heterocycles. The number of piperidine rings is 2. The molecule has 1 N–H and O–H groups in total. The predicted octanol–water partition coefficient (Wildman–Crippen LogP) is -0.0206. The maximum atomic E-state index is 12.5. The van der Waals surface area contributed by atoms with E-state index in [4.69, 9.17) is 0 Å². The summed E-state index contributed by atoms with van der Waals surface area (Å²) in [5, 5.41) is 10.6. The fourth-order valence-electron chi connectivity index (χ4n) is 3.77. The Morgan fingerprint density at radius 2 is 2.21 bits per heavy atom. The number of aryl methyl sites for hydroxylation is 1. The standard InChI is InChI=1S/C16H25N5O3/c1-11-13(19-24-18-11)9-16(23)20-7-5-14-12(10-20)3-4-15(22)21(14)8-6-17-2/h12,14,17H,3-10H2,1-2H3/t12-,14+/m0/s1. The summed E-state index contributed by atoms with van der Waals surface area (Å²) in [6.45, 7) is 4.74. The van der Waals surface area contributed by atoms with Crippen molar-refractivity contribution in [2.45, 2.75) is 38.6 Å².